The van der Waals surface area contributed by atoms with Gasteiger partial charge in [-0.3, -0.25) is 37.3 Å². The van der Waals surface area contributed by atoms with Gasteiger partial charge in [-0.2, -0.15) is 0 Å². The Morgan fingerprint density at radius 2 is 0.516 bits per heavy atom. The highest BCUT2D eigenvalue weighted by Gasteiger charge is 2.30. The molecule has 0 aliphatic rings. The number of ether oxygens (including phenoxy) is 4. The number of aliphatic hydroxyl groups excluding tert-OH is 1. The summed E-state index contributed by atoms with van der Waals surface area (Å²) in [6.07, 6.45) is 47.6. The van der Waals surface area contributed by atoms with Crippen molar-refractivity contribution in [1.82, 2.24) is 0 Å². The zero-order chi connectivity index (χ0) is 68.9. The molecule has 3 N–H and O–H groups in total. The van der Waals surface area contributed by atoms with Crippen molar-refractivity contribution in [2.45, 2.75) is 388 Å². The highest BCUT2D eigenvalue weighted by atomic mass is 31.2. The summed E-state index contributed by atoms with van der Waals surface area (Å²) in [5.41, 5.74) is 0. The zero-order valence-corrected chi connectivity index (χ0v) is 62.7. The van der Waals surface area contributed by atoms with E-state index >= 15 is 0 Å². The van der Waals surface area contributed by atoms with Crippen LogP contribution in [0.5, 0.6) is 0 Å². The summed E-state index contributed by atoms with van der Waals surface area (Å²) in [5, 5.41) is 10.6. The summed E-state index contributed by atoms with van der Waals surface area (Å²) in [6, 6.07) is 0. The van der Waals surface area contributed by atoms with Crippen LogP contribution in [0.15, 0.2) is 0 Å². The number of unbranched alkanes of at least 4 members (excludes halogenated alkanes) is 36. The lowest BCUT2D eigenvalue weighted by molar-refractivity contribution is -0.161. The third kappa shape index (κ3) is 67.0. The fourth-order valence-corrected chi connectivity index (χ4v) is 12.7. The SMILES string of the molecule is CCC(C)CCCCCCCCCCCCCCCCCCCCC(=O)OC[C@H](COP(=O)(O)OCC(O)COP(=O)(O)OC[C@@H](COC(=O)CCCCCCCCCCC(C)C)OC(=O)CCCCCCCCCC(C)C)OC(=O)CCCCCCCCCC(C)C. The average Bonchev–Trinajstić information content (AvgIpc) is 2.05. The Kier molecular flexibility index (Phi) is 62.2. The Balaban J connectivity index is 5.11. The first-order chi connectivity index (χ1) is 44.6. The van der Waals surface area contributed by atoms with Gasteiger partial charge in [0.25, 0.3) is 0 Å². The van der Waals surface area contributed by atoms with Crippen molar-refractivity contribution in [1.29, 1.82) is 0 Å². The van der Waals surface area contributed by atoms with Crippen LogP contribution in [-0.4, -0.2) is 96.7 Å². The molecule has 93 heavy (non-hydrogen) atoms. The van der Waals surface area contributed by atoms with E-state index in [-0.39, 0.29) is 25.7 Å². The van der Waals surface area contributed by atoms with E-state index in [1.54, 1.807) is 0 Å². The second-order valence-corrected chi connectivity index (χ2v) is 31.3. The molecule has 0 saturated heterocycles. The Bertz CT molecular complexity index is 1840. The summed E-state index contributed by atoms with van der Waals surface area (Å²) in [6.45, 7) is 14.1. The minimum atomic E-state index is -4.95. The van der Waals surface area contributed by atoms with Gasteiger partial charge in [0.15, 0.2) is 12.2 Å². The fraction of sp³-hybridized carbons (Fsp3) is 0.946. The lowest BCUT2D eigenvalue weighted by Gasteiger charge is -2.21. The molecule has 0 aliphatic heterocycles. The highest BCUT2D eigenvalue weighted by Crippen LogP contribution is 2.45. The number of esters is 4. The molecule has 19 heteroatoms. The number of rotatable bonds is 71. The largest absolute Gasteiger partial charge is 0.472 e. The van der Waals surface area contributed by atoms with Crippen LogP contribution in [-0.2, 0) is 65.4 Å². The van der Waals surface area contributed by atoms with E-state index in [9.17, 15) is 43.2 Å². The summed E-state index contributed by atoms with van der Waals surface area (Å²) >= 11 is 0. The van der Waals surface area contributed by atoms with Crippen LogP contribution in [0.25, 0.3) is 0 Å². The number of phosphoric acid groups is 2. The van der Waals surface area contributed by atoms with Gasteiger partial charge in [-0.05, 0) is 49.4 Å². The molecular formula is C74H144O17P2. The summed E-state index contributed by atoms with van der Waals surface area (Å²) in [5.74, 6) is 0.861. The molecule has 6 atom stereocenters. The van der Waals surface area contributed by atoms with Crippen LogP contribution < -0.4 is 0 Å². The van der Waals surface area contributed by atoms with Crippen LogP contribution in [0.1, 0.15) is 370 Å². The van der Waals surface area contributed by atoms with Crippen LogP contribution in [0.4, 0.5) is 0 Å². The topological polar surface area (TPSA) is 237 Å². The molecule has 0 fully saturated rings. The number of aliphatic hydroxyl groups is 1. The van der Waals surface area contributed by atoms with Crippen molar-refractivity contribution in [3.8, 4) is 0 Å². The van der Waals surface area contributed by atoms with Gasteiger partial charge in [-0.25, -0.2) is 9.13 Å². The van der Waals surface area contributed by atoms with E-state index in [0.717, 1.165) is 102 Å². The first-order valence-electron chi connectivity index (χ1n) is 38.2. The van der Waals surface area contributed by atoms with E-state index in [1.165, 1.54) is 173 Å². The molecule has 0 spiro atoms. The Hall–Kier alpha value is -1.94. The van der Waals surface area contributed by atoms with Gasteiger partial charge in [0, 0.05) is 25.7 Å². The Labute approximate surface area is 568 Å². The van der Waals surface area contributed by atoms with Gasteiger partial charge in [0.2, 0.25) is 0 Å². The molecule has 0 radical (unpaired) electrons. The van der Waals surface area contributed by atoms with Gasteiger partial charge in [-0.15, -0.1) is 0 Å². The monoisotopic (exact) mass is 1370 g/mol. The third-order valence-corrected chi connectivity index (χ3v) is 19.3. The molecule has 0 rings (SSSR count). The Morgan fingerprint density at radius 3 is 0.763 bits per heavy atom. The lowest BCUT2D eigenvalue weighted by Crippen LogP contribution is -2.30. The van der Waals surface area contributed by atoms with Crippen molar-refractivity contribution < 1.29 is 80.2 Å². The first kappa shape index (κ1) is 91.1. The predicted molar refractivity (Wildman–Crippen MR) is 377 cm³/mol. The van der Waals surface area contributed by atoms with Crippen molar-refractivity contribution in [2.24, 2.45) is 23.7 Å². The molecule has 0 aromatic heterocycles. The van der Waals surface area contributed by atoms with Crippen molar-refractivity contribution >= 4 is 39.5 Å². The molecule has 4 unspecified atom stereocenters. The van der Waals surface area contributed by atoms with E-state index < -0.39 is 97.5 Å². The molecule has 0 aliphatic carbocycles. The van der Waals surface area contributed by atoms with E-state index in [0.29, 0.717) is 37.5 Å². The molecular weight excluding hydrogens is 1220 g/mol. The van der Waals surface area contributed by atoms with Gasteiger partial charge in [0.1, 0.15) is 19.3 Å². The maximum Gasteiger partial charge on any atom is 0.472 e. The number of hydrogen-bond donors (Lipinski definition) is 3. The molecule has 0 amide bonds. The van der Waals surface area contributed by atoms with Crippen LogP contribution in [0.3, 0.4) is 0 Å². The molecule has 17 nitrogen and oxygen atoms in total. The Morgan fingerprint density at radius 1 is 0.301 bits per heavy atom. The number of carbonyl (C=O) groups excluding carboxylic acids is 4. The van der Waals surface area contributed by atoms with Crippen LogP contribution in [0.2, 0.25) is 0 Å². The van der Waals surface area contributed by atoms with Gasteiger partial charge >= 0.3 is 39.5 Å². The quantitative estimate of drug-likeness (QED) is 0.0222. The van der Waals surface area contributed by atoms with Gasteiger partial charge in [0.05, 0.1) is 26.4 Å². The molecule has 0 aromatic carbocycles. The maximum atomic E-state index is 13.0. The molecule has 552 valence electrons. The number of hydrogen-bond acceptors (Lipinski definition) is 15. The number of phosphoric ester groups is 2. The fourth-order valence-electron chi connectivity index (χ4n) is 11.2. The molecule has 0 bridgehead atoms. The lowest BCUT2D eigenvalue weighted by atomic mass is 9.99. The van der Waals surface area contributed by atoms with Crippen LogP contribution in [0, 0.1) is 23.7 Å². The zero-order valence-electron chi connectivity index (χ0n) is 60.9. The second-order valence-electron chi connectivity index (χ2n) is 28.4. The van der Waals surface area contributed by atoms with E-state index in [4.69, 9.17) is 37.0 Å². The van der Waals surface area contributed by atoms with Gasteiger partial charge in [-0.1, -0.05) is 319 Å². The summed E-state index contributed by atoms with van der Waals surface area (Å²) in [7, 11) is -9.90. The van der Waals surface area contributed by atoms with E-state index in [1.807, 2.05) is 0 Å². The average molecular weight is 1370 g/mol. The minimum absolute atomic E-state index is 0.102. The third-order valence-electron chi connectivity index (χ3n) is 17.4. The summed E-state index contributed by atoms with van der Waals surface area (Å²) < 4.78 is 68.3. The first-order valence-corrected chi connectivity index (χ1v) is 41.2. The van der Waals surface area contributed by atoms with Gasteiger partial charge < -0.3 is 33.8 Å². The highest BCUT2D eigenvalue weighted by molar-refractivity contribution is 7.47. The minimum Gasteiger partial charge on any atom is -0.462 e. The van der Waals surface area contributed by atoms with E-state index in [2.05, 4.69) is 55.4 Å². The smallest absolute Gasteiger partial charge is 0.462 e. The normalized spacial score (nSPS) is 14.5. The molecule has 0 aromatic rings. The maximum absolute atomic E-state index is 13.0. The van der Waals surface area contributed by atoms with Crippen molar-refractivity contribution in [3.05, 3.63) is 0 Å². The predicted octanol–water partition coefficient (Wildman–Crippen LogP) is 21.3. The molecule has 0 heterocycles. The molecule has 0 saturated carbocycles. The van der Waals surface area contributed by atoms with Crippen molar-refractivity contribution in [3.63, 3.8) is 0 Å². The standard InChI is InChI=1S/C74H144O17P2/c1-9-67(8)53-45-37-29-20-18-16-14-12-10-11-13-15-17-19-21-30-38-46-54-71(76)84-60-69(90-73(78)56-48-40-32-24-27-35-43-51-65(4)5)62-88-92(80,81)86-58-68(75)59-87-93(82,83)89-63-70(91-74(79)57-49-41-33-25-28-36-44-52-66(6)7)61-85-72(77)55-47-39-31-23-22-26-34-42-50-64(2)3/h64-70,75H,9-63H2,1-8H3,(H,80,81)(H,82,83)/t67?,68?,69-,70-/m1/s1. The van der Waals surface area contributed by atoms with Crippen molar-refractivity contribution in [2.75, 3.05) is 39.6 Å². The van der Waals surface area contributed by atoms with Crippen LogP contribution >= 0.6 is 15.6 Å². The second kappa shape index (κ2) is 63.5. The number of carbonyl (C=O) groups is 4. The summed E-state index contributed by atoms with van der Waals surface area (Å²) in [4.78, 5) is 72.6.